The highest BCUT2D eigenvalue weighted by Crippen LogP contribution is 2.40. The molecule has 0 aliphatic heterocycles. The second-order valence-electron chi connectivity index (χ2n) is 5.39. The molecule has 1 unspecified atom stereocenters. The van der Waals surface area contributed by atoms with Crippen molar-refractivity contribution in [3.05, 3.63) is 64.7 Å². The van der Waals surface area contributed by atoms with Crippen LogP contribution in [-0.2, 0) is 0 Å². The first-order valence-corrected chi connectivity index (χ1v) is 7.46. The van der Waals surface area contributed by atoms with Crippen LogP contribution >= 0.6 is 11.6 Å². The van der Waals surface area contributed by atoms with Crippen molar-refractivity contribution in [1.82, 2.24) is 0 Å². The van der Waals surface area contributed by atoms with Gasteiger partial charge in [0, 0.05) is 17.3 Å². The van der Waals surface area contributed by atoms with Crippen molar-refractivity contribution >= 4 is 17.3 Å². The van der Waals surface area contributed by atoms with E-state index in [2.05, 4.69) is 29.6 Å². The van der Waals surface area contributed by atoms with Crippen molar-refractivity contribution in [2.75, 3.05) is 11.9 Å². The highest BCUT2D eigenvalue weighted by molar-refractivity contribution is 6.30. The third-order valence-electron chi connectivity index (χ3n) is 3.76. The van der Waals surface area contributed by atoms with Gasteiger partial charge in [-0.05, 0) is 48.1 Å². The predicted octanol–water partition coefficient (Wildman–Crippen LogP) is 4.33. The van der Waals surface area contributed by atoms with Crippen molar-refractivity contribution < 1.29 is 0 Å². The molecule has 1 saturated carbocycles. The summed E-state index contributed by atoms with van der Waals surface area (Å²) in [6.07, 6.45) is 2.64. The summed E-state index contributed by atoms with van der Waals surface area (Å²) in [4.78, 5) is 0. The number of nitrogens with two attached hydrogens (primary N) is 1. The first kappa shape index (κ1) is 13.5. The molecule has 0 radical (unpaired) electrons. The number of halogens is 1. The minimum atomic E-state index is 0.118. The average Bonchev–Trinajstić information content (AvgIpc) is 3.29. The average molecular weight is 287 g/mol. The van der Waals surface area contributed by atoms with E-state index in [1.165, 1.54) is 24.0 Å². The van der Waals surface area contributed by atoms with Crippen molar-refractivity contribution in [3.63, 3.8) is 0 Å². The minimum Gasteiger partial charge on any atom is -0.377 e. The van der Waals surface area contributed by atoms with E-state index in [0.29, 0.717) is 6.54 Å². The minimum absolute atomic E-state index is 0.118. The number of benzene rings is 2. The Bertz CT molecular complexity index is 593. The zero-order chi connectivity index (χ0) is 13.9. The molecule has 1 aliphatic rings. The topological polar surface area (TPSA) is 38.0 Å². The normalized spacial score (nSPS) is 15.9. The fourth-order valence-electron chi connectivity index (χ4n) is 2.50. The summed E-state index contributed by atoms with van der Waals surface area (Å²) < 4.78 is 0. The van der Waals surface area contributed by atoms with Gasteiger partial charge in [0.05, 0.1) is 6.04 Å². The summed E-state index contributed by atoms with van der Waals surface area (Å²) in [6, 6.07) is 16.6. The predicted molar refractivity (Wildman–Crippen MR) is 85.3 cm³/mol. The van der Waals surface area contributed by atoms with Crippen LogP contribution in [0, 0.1) is 0 Å². The number of hydrogen-bond acceptors (Lipinski definition) is 2. The molecule has 3 N–H and O–H groups in total. The second-order valence-corrected chi connectivity index (χ2v) is 5.82. The van der Waals surface area contributed by atoms with Gasteiger partial charge in [-0.1, -0.05) is 41.9 Å². The Kier molecular flexibility index (Phi) is 3.95. The van der Waals surface area contributed by atoms with Crippen LogP contribution in [0.15, 0.2) is 48.5 Å². The van der Waals surface area contributed by atoms with E-state index < -0.39 is 0 Å². The van der Waals surface area contributed by atoms with Crippen LogP contribution in [-0.4, -0.2) is 6.54 Å². The summed E-state index contributed by atoms with van der Waals surface area (Å²) in [7, 11) is 0. The smallest absolute Gasteiger partial charge is 0.0636 e. The summed E-state index contributed by atoms with van der Waals surface area (Å²) in [6.45, 7) is 0.556. The Morgan fingerprint density at radius 2 is 1.95 bits per heavy atom. The molecule has 2 nitrogen and oxygen atoms in total. The molecule has 2 aromatic rings. The van der Waals surface area contributed by atoms with Crippen LogP contribution < -0.4 is 11.1 Å². The molecular formula is C17H19ClN2. The molecule has 1 atom stereocenters. The first-order valence-electron chi connectivity index (χ1n) is 7.08. The Labute approximate surface area is 125 Å². The summed E-state index contributed by atoms with van der Waals surface area (Å²) in [5, 5.41) is 4.20. The largest absolute Gasteiger partial charge is 0.377 e. The third kappa shape index (κ3) is 3.14. The molecule has 104 valence electrons. The molecule has 3 heteroatoms. The Hall–Kier alpha value is -1.51. The second kappa shape index (κ2) is 5.86. The fraction of sp³-hybridized carbons (Fsp3) is 0.294. The summed E-state index contributed by atoms with van der Waals surface area (Å²) in [5.41, 5.74) is 9.63. The van der Waals surface area contributed by atoms with E-state index in [4.69, 9.17) is 17.3 Å². The van der Waals surface area contributed by atoms with E-state index in [-0.39, 0.29) is 6.04 Å². The molecule has 1 aliphatic carbocycles. The molecule has 20 heavy (non-hydrogen) atoms. The molecule has 2 aromatic carbocycles. The lowest BCUT2D eigenvalue weighted by atomic mass is 10.0. The zero-order valence-electron chi connectivity index (χ0n) is 11.4. The molecule has 0 amide bonds. The van der Waals surface area contributed by atoms with Crippen LogP contribution in [0.1, 0.15) is 35.9 Å². The fourth-order valence-corrected chi connectivity index (χ4v) is 2.69. The lowest BCUT2D eigenvalue weighted by Gasteiger charge is -2.19. The number of hydrogen-bond donors (Lipinski definition) is 2. The number of nitrogens with one attached hydrogen (secondary N) is 1. The van der Waals surface area contributed by atoms with Crippen molar-refractivity contribution in [2.45, 2.75) is 24.8 Å². The lowest BCUT2D eigenvalue weighted by molar-refractivity contribution is 0.788. The summed E-state index contributed by atoms with van der Waals surface area (Å²) >= 11 is 6.02. The maximum atomic E-state index is 6.02. The van der Waals surface area contributed by atoms with Gasteiger partial charge >= 0.3 is 0 Å². The van der Waals surface area contributed by atoms with Gasteiger partial charge in [0.25, 0.3) is 0 Å². The van der Waals surface area contributed by atoms with E-state index in [1.54, 1.807) is 0 Å². The van der Waals surface area contributed by atoms with Gasteiger partial charge in [-0.2, -0.15) is 0 Å². The summed E-state index contributed by atoms with van der Waals surface area (Å²) in [5.74, 6) is 0.763. The molecule has 0 bridgehead atoms. The standard InChI is InChI=1S/C17H19ClN2/c18-15-5-2-6-16(10-15)20-17(11-19)14-4-1-3-13(9-14)12-7-8-12/h1-6,9-10,12,17,20H,7-8,11,19H2. The van der Waals surface area contributed by atoms with E-state index in [0.717, 1.165) is 16.6 Å². The van der Waals surface area contributed by atoms with Crippen molar-refractivity contribution in [2.24, 2.45) is 5.73 Å². The SMILES string of the molecule is NCC(Nc1cccc(Cl)c1)c1cccc(C2CC2)c1. The molecule has 3 rings (SSSR count). The molecule has 0 saturated heterocycles. The van der Waals surface area contributed by atoms with Crippen LogP contribution in [0.5, 0.6) is 0 Å². The van der Waals surface area contributed by atoms with Crippen molar-refractivity contribution in [1.29, 1.82) is 0 Å². The van der Waals surface area contributed by atoms with Gasteiger partial charge in [0.2, 0.25) is 0 Å². The van der Waals surface area contributed by atoms with Crippen LogP contribution in [0.3, 0.4) is 0 Å². The van der Waals surface area contributed by atoms with Crippen LogP contribution in [0.2, 0.25) is 5.02 Å². The van der Waals surface area contributed by atoms with E-state index in [9.17, 15) is 0 Å². The van der Waals surface area contributed by atoms with Gasteiger partial charge in [0.1, 0.15) is 0 Å². The Morgan fingerprint density at radius 1 is 1.15 bits per heavy atom. The number of rotatable bonds is 5. The zero-order valence-corrected chi connectivity index (χ0v) is 12.1. The van der Waals surface area contributed by atoms with Crippen LogP contribution in [0.4, 0.5) is 5.69 Å². The highest BCUT2D eigenvalue weighted by atomic mass is 35.5. The van der Waals surface area contributed by atoms with Gasteiger partial charge in [0.15, 0.2) is 0 Å². The van der Waals surface area contributed by atoms with Gasteiger partial charge in [-0.15, -0.1) is 0 Å². The molecular weight excluding hydrogens is 268 g/mol. The maximum Gasteiger partial charge on any atom is 0.0636 e. The quantitative estimate of drug-likeness (QED) is 0.858. The molecule has 0 aromatic heterocycles. The highest BCUT2D eigenvalue weighted by Gasteiger charge is 2.24. The van der Waals surface area contributed by atoms with E-state index in [1.807, 2.05) is 24.3 Å². The Balaban J connectivity index is 1.80. The number of anilines is 1. The van der Waals surface area contributed by atoms with Gasteiger partial charge < -0.3 is 11.1 Å². The van der Waals surface area contributed by atoms with E-state index >= 15 is 0 Å². The van der Waals surface area contributed by atoms with Gasteiger partial charge in [-0.3, -0.25) is 0 Å². The third-order valence-corrected chi connectivity index (χ3v) is 4.00. The monoisotopic (exact) mass is 286 g/mol. The first-order chi connectivity index (χ1) is 9.76. The molecule has 0 spiro atoms. The van der Waals surface area contributed by atoms with Gasteiger partial charge in [-0.25, -0.2) is 0 Å². The Morgan fingerprint density at radius 3 is 2.65 bits per heavy atom. The molecule has 0 heterocycles. The maximum absolute atomic E-state index is 6.02. The molecule has 1 fully saturated rings. The van der Waals surface area contributed by atoms with Crippen molar-refractivity contribution in [3.8, 4) is 0 Å². The lowest BCUT2D eigenvalue weighted by Crippen LogP contribution is -2.20. The van der Waals surface area contributed by atoms with Crippen LogP contribution in [0.25, 0.3) is 0 Å².